The van der Waals surface area contributed by atoms with Crippen LogP contribution in [0, 0.1) is 0 Å². The van der Waals surface area contributed by atoms with E-state index in [4.69, 9.17) is 11.6 Å². The van der Waals surface area contributed by atoms with E-state index in [1.165, 1.54) is 49.9 Å². The summed E-state index contributed by atoms with van der Waals surface area (Å²) in [5.41, 5.74) is 0. The highest BCUT2D eigenvalue weighted by Crippen LogP contribution is 2.19. The summed E-state index contributed by atoms with van der Waals surface area (Å²) in [6.07, 6.45) is 4.13. The molecular formula is C9H19BrClN. The maximum absolute atomic E-state index is 5.79. The second-order valence-corrected chi connectivity index (χ2v) is 4.01. The molecule has 3 heteroatoms. The number of halogens is 2. The van der Waals surface area contributed by atoms with E-state index < -0.39 is 0 Å². The Morgan fingerprint density at radius 3 is 2.17 bits per heavy atom. The summed E-state index contributed by atoms with van der Waals surface area (Å²) in [6, 6.07) is 0. The van der Waals surface area contributed by atoms with Crippen molar-refractivity contribution in [3.63, 3.8) is 0 Å². The van der Waals surface area contributed by atoms with Gasteiger partial charge in [-0.25, -0.2) is 0 Å². The minimum atomic E-state index is 0. The van der Waals surface area contributed by atoms with Gasteiger partial charge in [0.05, 0.1) is 32.1 Å². The second-order valence-electron chi connectivity index (χ2n) is 3.63. The lowest BCUT2D eigenvalue weighted by Gasteiger charge is -2.33. The maximum Gasteiger partial charge on any atom is 0.0924 e. The molecule has 0 unspecified atom stereocenters. The second kappa shape index (κ2) is 6.22. The first-order chi connectivity index (χ1) is 5.33. The Balaban J connectivity index is 0.00000121. The van der Waals surface area contributed by atoms with Crippen LogP contribution in [0.4, 0.5) is 0 Å². The Morgan fingerprint density at radius 2 is 1.75 bits per heavy atom. The van der Waals surface area contributed by atoms with E-state index in [1.807, 2.05) is 0 Å². The topological polar surface area (TPSA) is 0 Å². The number of rotatable bonds is 4. The Kier molecular flexibility index (Phi) is 6.60. The van der Waals surface area contributed by atoms with Gasteiger partial charge in [0.25, 0.3) is 0 Å². The molecular weight excluding hydrogens is 237 g/mol. The minimum Gasteiger partial charge on any atom is -1.00 e. The van der Waals surface area contributed by atoms with Crippen LogP contribution in [0.1, 0.15) is 26.2 Å². The van der Waals surface area contributed by atoms with E-state index in [1.54, 1.807) is 0 Å². The van der Waals surface area contributed by atoms with Gasteiger partial charge in [0, 0.05) is 12.8 Å². The van der Waals surface area contributed by atoms with Crippen LogP contribution in [-0.4, -0.2) is 36.5 Å². The summed E-state index contributed by atoms with van der Waals surface area (Å²) < 4.78 is 1.31. The molecule has 0 aromatic rings. The lowest BCUT2D eigenvalue weighted by Crippen LogP contribution is -3.00. The summed E-state index contributed by atoms with van der Waals surface area (Å²) in [6.45, 7) is 7.55. The molecule has 0 aromatic carbocycles. The van der Waals surface area contributed by atoms with Gasteiger partial charge in [0.2, 0.25) is 0 Å². The number of hydrogen-bond acceptors (Lipinski definition) is 0. The number of quaternary nitrogens is 1. The van der Waals surface area contributed by atoms with Crippen LogP contribution in [-0.2, 0) is 0 Å². The van der Waals surface area contributed by atoms with Crippen LogP contribution < -0.4 is 17.0 Å². The Morgan fingerprint density at radius 1 is 1.17 bits per heavy atom. The standard InChI is InChI=1S/C9H19ClN.BrH/c1-2-6-11(9-5-10)7-3-4-8-11;/h2-9H2,1H3;1H/q+1;/p-1. The predicted molar refractivity (Wildman–Crippen MR) is 50.0 cm³/mol. The molecule has 0 amide bonds. The highest BCUT2D eigenvalue weighted by molar-refractivity contribution is 6.17. The van der Waals surface area contributed by atoms with Gasteiger partial charge in [0.15, 0.2) is 0 Å². The Hall–Kier alpha value is 0.730. The van der Waals surface area contributed by atoms with Crippen molar-refractivity contribution >= 4 is 11.6 Å². The average molecular weight is 257 g/mol. The molecule has 74 valence electrons. The van der Waals surface area contributed by atoms with Crippen LogP contribution in [0.2, 0.25) is 0 Å². The van der Waals surface area contributed by atoms with E-state index in [0.717, 1.165) is 5.88 Å². The molecule has 0 spiro atoms. The predicted octanol–water partition coefficient (Wildman–Crippen LogP) is -0.750. The van der Waals surface area contributed by atoms with Crippen molar-refractivity contribution in [1.82, 2.24) is 0 Å². The molecule has 1 fully saturated rings. The van der Waals surface area contributed by atoms with Crippen LogP contribution in [0.5, 0.6) is 0 Å². The molecule has 0 bridgehead atoms. The summed E-state index contributed by atoms with van der Waals surface area (Å²) >= 11 is 5.79. The summed E-state index contributed by atoms with van der Waals surface area (Å²) in [5.74, 6) is 0.833. The molecule has 0 saturated carbocycles. The van der Waals surface area contributed by atoms with E-state index >= 15 is 0 Å². The summed E-state index contributed by atoms with van der Waals surface area (Å²) in [4.78, 5) is 0. The number of likely N-dealkylation sites (tertiary alicyclic amines) is 1. The van der Waals surface area contributed by atoms with Crippen molar-refractivity contribution in [1.29, 1.82) is 0 Å². The third-order valence-corrected chi connectivity index (χ3v) is 2.94. The van der Waals surface area contributed by atoms with Gasteiger partial charge >= 0.3 is 0 Å². The van der Waals surface area contributed by atoms with Gasteiger partial charge in [-0.3, -0.25) is 0 Å². The quantitative estimate of drug-likeness (QED) is 0.459. The highest BCUT2D eigenvalue weighted by Gasteiger charge is 2.29. The van der Waals surface area contributed by atoms with Crippen LogP contribution >= 0.6 is 11.6 Å². The lowest BCUT2D eigenvalue weighted by atomic mass is 10.3. The number of alkyl halides is 1. The average Bonchev–Trinajstić information content (AvgIpc) is 2.39. The zero-order valence-corrected chi connectivity index (χ0v) is 10.2. The molecule has 1 aliphatic heterocycles. The fraction of sp³-hybridized carbons (Fsp3) is 1.00. The van der Waals surface area contributed by atoms with Gasteiger partial charge in [-0.15, -0.1) is 11.6 Å². The van der Waals surface area contributed by atoms with E-state index in [2.05, 4.69) is 6.92 Å². The molecule has 0 aromatic heterocycles. The number of nitrogens with zero attached hydrogens (tertiary/aromatic N) is 1. The van der Waals surface area contributed by atoms with E-state index in [-0.39, 0.29) is 17.0 Å². The molecule has 1 saturated heterocycles. The third-order valence-electron chi connectivity index (χ3n) is 2.77. The molecule has 1 nitrogen and oxygen atoms in total. The smallest absolute Gasteiger partial charge is 0.0924 e. The van der Waals surface area contributed by atoms with Crippen molar-refractivity contribution in [2.24, 2.45) is 0 Å². The number of hydrogen-bond donors (Lipinski definition) is 0. The zero-order valence-electron chi connectivity index (χ0n) is 7.86. The fourth-order valence-corrected chi connectivity index (χ4v) is 2.58. The monoisotopic (exact) mass is 255 g/mol. The van der Waals surface area contributed by atoms with Crippen molar-refractivity contribution < 1.29 is 21.5 Å². The molecule has 0 N–H and O–H groups in total. The third kappa shape index (κ3) is 3.23. The largest absolute Gasteiger partial charge is 1.00 e. The van der Waals surface area contributed by atoms with Crippen molar-refractivity contribution in [2.45, 2.75) is 26.2 Å². The summed E-state index contributed by atoms with van der Waals surface area (Å²) in [7, 11) is 0. The van der Waals surface area contributed by atoms with Gasteiger partial charge in [-0.2, -0.15) is 0 Å². The SMILES string of the molecule is CCC[N+]1(CCCl)CCCC1.[Br-]. The Labute approximate surface area is 91.4 Å². The highest BCUT2D eigenvalue weighted by atomic mass is 79.9. The normalized spacial score (nSPS) is 20.5. The fourth-order valence-electron chi connectivity index (χ4n) is 2.22. The Bertz CT molecular complexity index is 105. The van der Waals surface area contributed by atoms with Gasteiger partial charge in [0.1, 0.15) is 0 Å². The first-order valence-corrected chi connectivity index (χ1v) is 5.27. The molecule has 1 aliphatic rings. The van der Waals surface area contributed by atoms with Gasteiger partial charge < -0.3 is 21.5 Å². The van der Waals surface area contributed by atoms with E-state index in [0.29, 0.717) is 0 Å². The summed E-state index contributed by atoms with van der Waals surface area (Å²) in [5, 5.41) is 0. The van der Waals surface area contributed by atoms with E-state index in [9.17, 15) is 0 Å². The van der Waals surface area contributed by atoms with Crippen molar-refractivity contribution in [2.75, 3.05) is 32.1 Å². The molecule has 0 aliphatic carbocycles. The van der Waals surface area contributed by atoms with Crippen LogP contribution in [0.15, 0.2) is 0 Å². The molecule has 1 heterocycles. The van der Waals surface area contributed by atoms with Gasteiger partial charge in [-0.05, 0) is 6.42 Å². The minimum absolute atomic E-state index is 0. The van der Waals surface area contributed by atoms with Gasteiger partial charge in [-0.1, -0.05) is 6.92 Å². The van der Waals surface area contributed by atoms with Crippen molar-refractivity contribution in [3.8, 4) is 0 Å². The molecule has 0 atom stereocenters. The van der Waals surface area contributed by atoms with Crippen LogP contribution in [0.3, 0.4) is 0 Å². The van der Waals surface area contributed by atoms with Crippen molar-refractivity contribution in [3.05, 3.63) is 0 Å². The zero-order chi connectivity index (χ0) is 8.16. The first-order valence-electron chi connectivity index (χ1n) is 4.74. The first kappa shape index (κ1) is 12.7. The van der Waals surface area contributed by atoms with Crippen LogP contribution in [0.25, 0.3) is 0 Å². The molecule has 1 rings (SSSR count). The maximum atomic E-state index is 5.79. The molecule has 0 radical (unpaired) electrons. The lowest BCUT2D eigenvalue weighted by molar-refractivity contribution is -0.914. The molecule has 12 heavy (non-hydrogen) atoms.